The van der Waals surface area contributed by atoms with E-state index in [1.165, 1.54) is 12.3 Å². The van der Waals surface area contributed by atoms with Crippen LogP contribution in [0.5, 0.6) is 11.6 Å². The Morgan fingerprint density at radius 3 is 2.88 bits per heavy atom. The minimum atomic E-state index is -1.20. The van der Waals surface area contributed by atoms with Gasteiger partial charge < -0.3 is 9.84 Å². The number of pyridine rings is 1. The Balaban J connectivity index is 2.05. The predicted octanol–water partition coefficient (Wildman–Crippen LogP) is 2.33. The highest BCUT2D eigenvalue weighted by molar-refractivity contribution is 5.90. The summed E-state index contributed by atoms with van der Waals surface area (Å²) >= 11 is 0. The van der Waals surface area contributed by atoms with Crippen LogP contribution in [0.2, 0.25) is 0 Å². The lowest BCUT2D eigenvalue weighted by Crippen LogP contribution is -2.26. The van der Waals surface area contributed by atoms with E-state index in [0.29, 0.717) is 17.1 Å². The van der Waals surface area contributed by atoms with Gasteiger partial charge in [-0.15, -0.1) is 0 Å². The number of nitriles is 1. The highest BCUT2D eigenvalue weighted by atomic mass is 16.5. The van der Waals surface area contributed by atoms with Crippen molar-refractivity contribution in [3.63, 3.8) is 0 Å². The van der Waals surface area contributed by atoms with Crippen LogP contribution in [0.4, 0.5) is 0 Å². The van der Waals surface area contributed by atoms with Crippen molar-refractivity contribution in [2.24, 2.45) is 7.05 Å². The molecule has 0 aliphatic carbocycles. The Labute approximate surface area is 143 Å². The Morgan fingerprint density at radius 1 is 1.32 bits per heavy atom. The number of carboxylic acid groups (broad SMARTS) is 1. The van der Waals surface area contributed by atoms with E-state index < -0.39 is 5.97 Å². The van der Waals surface area contributed by atoms with Crippen molar-refractivity contribution in [1.29, 1.82) is 5.26 Å². The van der Waals surface area contributed by atoms with E-state index in [1.807, 2.05) is 42.2 Å². The SMILES string of the molecule is C[n+]1cccc(-c2ncc(C(=O)O)c(Oc3cccc(C#N)c3)n2)c1. The van der Waals surface area contributed by atoms with Gasteiger partial charge in [0, 0.05) is 12.3 Å². The molecule has 0 aliphatic rings. The number of carbonyl (C=O) groups is 1. The van der Waals surface area contributed by atoms with Crippen LogP contribution in [0.15, 0.2) is 55.0 Å². The topological polar surface area (TPSA) is 100.0 Å². The summed E-state index contributed by atoms with van der Waals surface area (Å²) in [5.74, 6) is -0.617. The van der Waals surface area contributed by atoms with Crippen molar-refractivity contribution in [2.75, 3.05) is 0 Å². The van der Waals surface area contributed by atoms with Gasteiger partial charge in [-0.25, -0.2) is 14.3 Å². The molecular weight excluding hydrogens is 320 g/mol. The lowest BCUT2D eigenvalue weighted by Gasteiger charge is -2.09. The molecule has 7 nitrogen and oxygen atoms in total. The molecule has 122 valence electrons. The normalized spacial score (nSPS) is 10.1. The largest absolute Gasteiger partial charge is 0.477 e. The number of aryl methyl sites for hydroxylation is 1. The number of aromatic nitrogens is 3. The second-order valence-electron chi connectivity index (χ2n) is 5.22. The van der Waals surface area contributed by atoms with Crippen LogP contribution in [-0.4, -0.2) is 21.0 Å². The van der Waals surface area contributed by atoms with E-state index in [0.717, 1.165) is 5.56 Å². The van der Waals surface area contributed by atoms with Crippen molar-refractivity contribution in [3.05, 3.63) is 66.1 Å². The maximum Gasteiger partial charge on any atom is 0.342 e. The maximum absolute atomic E-state index is 11.4. The summed E-state index contributed by atoms with van der Waals surface area (Å²) in [7, 11) is 1.86. The van der Waals surface area contributed by atoms with Crippen LogP contribution in [0.25, 0.3) is 11.4 Å². The molecule has 0 bridgehead atoms. The minimum Gasteiger partial charge on any atom is -0.477 e. The third-order valence-corrected chi connectivity index (χ3v) is 3.36. The zero-order valence-corrected chi connectivity index (χ0v) is 13.2. The summed E-state index contributed by atoms with van der Waals surface area (Å²) in [5, 5.41) is 18.3. The molecule has 7 heteroatoms. The van der Waals surface area contributed by atoms with Gasteiger partial charge in [-0.1, -0.05) is 6.07 Å². The molecule has 0 aliphatic heterocycles. The summed E-state index contributed by atoms with van der Waals surface area (Å²) in [4.78, 5) is 19.8. The first-order chi connectivity index (χ1) is 12.1. The summed E-state index contributed by atoms with van der Waals surface area (Å²) in [6.07, 6.45) is 4.89. The van der Waals surface area contributed by atoms with Gasteiger partial charge in [-0.3, -0.25) is 0 Å². The maximum atomic E-state index is 11.4. The van der Waals surface area contributed by atoms with Crippen LogP contribution >= 0.6 is 0 Å². The number of ether oxygens (including phenoxy) is 1. The van der Waals surface area contributed by atoms with Gasteiger partial charge in [0.1, 0.15) is 18.4 Å². The monoisotopic (exact) mass is 333 g/mol. The molecule has 2 aromatic heterocycles. The predicted molar refractivity (Wildman–Crippen MR) is 86.8 cm³/mol. The molecule has 1 aromatic carbocycles. The number of benzene rings is 1. The van der Waals surface area contributed by atoms with Crippen LogP contribution in [0.3, 0.4) is 0 Å². The quantitative estimate of drug-likeness (QED) is 0.736. The first kappa shape index (κ1) is 16.1. The number of carboxylic acids is 1. The highest BCUT2D eigenvalue weighted by Crippen LogP contribution is 2.26. The molecule has 1 N–H and O–H groups in total. The van der Waals surface area contributed by atoms with Gasteiger partial charge in [0.05, 0.1) is 17.2 Å². The molecule has 2 heterocycles. The van der Waals surface area contributed by atoms with E-state index >= 15 is 0 Å². The zero-order valence-electron chi connectivity index (χ0n) is 13.2. The third kappa shape index (κ3) is 3.59. The number of aromatic carboxylic acids is 1. The molecule has 0 radical (unpaired) electrons. The van der Waals surface area contributed by atoms with Crippen molar-refractivity contribution in [1.82, 2.24) is 9.97 Å². The van der Waals surface area contributed by atoms with Crippen molar-refractivity contribution in [2.45, 2.75) is 0 Å². The fourth-order valence-electron chi connectivity index (χ4n) is 2.19. The van der Waals surface area contributed by atoms with Gasteiger partial charge in [-0.2, -0.15) is 10.2 Å². The average Bonchev–Trinajstić information content (AvgIpc) is 2.61. The molecule has 0 spiro atoms. The van der Waals surface area contributed by atoms with E-state index in [4.69, 9.17) is 10.00 Å². The fourth-order valence-corrected chi connectivity index (χ4v) is 2.19. The molecule has 0 amide bonds. The number of hydrogen-bond acceptors (Lipinski definition) is 5. The second kappa shape index (κ2) is 6.76. The smallest absolute Gasteiger partial charge is 0.342 e. The van der Waals surface area contributed by atoms with Gasteiger partial charge in [-0.05, 0) is 24.3 Å². The Kier molecular flexibility index (Phi) is 4.35. The summed E-state index contributed by atoms with van der Waals surface area (Å²) in [6, 6.07) is 12.1. The standard InChI is InChI=1S/C18H12N4O3/c1-22-7-3-5-13(11-22)16-20-10-15(18(23)24)17(21-16)25-14-6-2-4-12(8-14)9-19/h2-8,10-11H,1H3/p+1. The van der Waals surface area contributed by atoms with Crippen molar-refractivity contribution < 1.29 is 19.2 Å². The van der Waals surface area contributed by atoms with Crippen molar-refractivity contribution in [3.8, 4) is 29.1 Å². The summed E-state index contributed by atoms with van der Waals surface area (Å²) < 4.78 is 7.45. The Morgan fingerprint density at radius 2 is 2.16 bits per heavy atom. The molecular formula is C18H13N4O3+. The molecule has 3 rings (SSSR count). The van der Waals surface area contributed by atoms with Crippen LogP contribution in [0.1, 0.15) is 15.9 Å². The molecule has 0 atom stereocenters. The van der Waals surface area contributed by atoms with Crippen LogP contribution < -0.4 is 9.30 Å². The number of hydrogen-bond donors (Lipinski definition) is 1. The van der Waals surface area contributed by atoms with E-state index in [1.54, 1.807) is 18.2 Å². The zero-order chi connectivity index (χ0) is 17.8. The van der Waals surface area contributed by atoms with Gasteiger partial charge in [0.2, 0.25) is 5.88 Å². The molecule has 25 heavy (non-hydrogen) atoms. The molecule has 0 saturated heterocycles. The average molecular weight is 333 g/mol. The Hall–Kier alpha value is -3.79. The van der Waals surface area contributed by atoms with Crippen molar-refractivity contribution >= 4 is 5.97 Å². The molecule has 3 aromatic rings. The first-order valence-corrected chi connectivity index (χ1v) is 7.31. The van der Waals surface area contributed by atoms with E-state index in [-0.39, 0.29) is 11.4 Å². The highest BCUT2D eigenvalue weighted by Gasteiger charge is 2.17. The second-order valence-corrected chi connectivity index (χ2v) is 5.22. The van der Waals surface area contributed by atoms with Gasteiger partial charge in [0.15, 0.2) is 18.2 Å². The van der Waals surface area contributed by atoms with Crippen LogP contribution in [0, 0.1) is 11.3 Å². The molecule has 0 unspecified atom stereocenters. The third-order valence-electron chi connectivity index (χ3n) is 3.36. The number of rotatable bonds is 4. The minimum absolute atomic E-state index is 0.0842. The molecule has 0 saturated carbocycles. The van der Waals surface area contributed by atoms with Crippen LogP contribution in [-0.2, 0) is 7.05 Å². The summed E-state index contributed by atoms with van der Waals surface area (Å²) in [6.45, 7) is 0. The van der Waals surface area contributed by atoms with E-state index in [2.05, 4.69) is 9.97 Å². The Bertz CT molecular complexity index is 996. The summed E-state index contributed by atoms with van der Waals surface area (Å²) in [5.41, 5.74) is 0.961. The first-order valence-electron chi connectivity index (χ1n) is 7.31. The lowest BCUT2D eigenvalue weighted by molar-refractivity contribution is -0.671. The molecule has 0 fully saturated rings. The van der Waals surface area contributed by atoms with Gasteiger partial charge in [0.25, 0.3) is 0 Å². The van der Waals surface area contributed by atoms with E-state index in [9.17, 15) is 9.90 Å². The fraction of sp³-hybridized carbons (Fsp3) is 0.0556. The van der Waals surface area contributed by atoms with Gasteiger partial charge >= 0.3 is 5.97 Å². The number of nitrogens with zero attached hydrogens (tertiary/aromatic N) is 4. The lowest BCUT2D eigenvalue weighted by atomic mass is 10.2.